The highest BCUT2D eigenvalue weighted by Gasteiger charge is 2.13. The van der Waals surface area contributed by atoms with E-state index in [-0.39, 0.29) is 11.8 Å². The highest BCUT2D eigenvalue weighted by atomic mass is 16.2. The minimum atomic E-state index is -0.107. The molecule has 6 heteroatoms. The van der Waals surface area contributed by atoms with Gasteiger partial charge in [-0.15, -0.1) is 0 Å². The molecular formula is C15H18N4O2. The van der Waals surface area contributed by atoms with Crippen molar-refractivity contribution in [3.63, 3.8) is 0 Å². The van der Waals surface area contributed by atoms with Gasteiger partial charge in [-0.3, -0.25) is 14.7 Å². The topological polar surface area (TPSA) is 78.1 Å². The number of benzene rings is 1. The van der Waals surface area contributed by atoms with Crippen LogP contribution in [0.5, 0.6) is 0 Å². The molecule has 110 valence electrons. The Morgan fingerprint density at radius 2 is 2.14 bits per heavy atom. The number of rotatable bonds is 5. The van der Waals surface area contributed by atoms with E-state index < -0.39 is 0 Å². The van der Waals surface area contributed by atoms with Crippen LogP contribution >= 0.6 is 0 Å². The van der Waals surface area contributed by atoms with Gasteiger partial charge in [0.25, 0.3) is 5.91 Å². The average molecular weight is 286 g/mol. The van der Waals surface area contributed by atoms with Crippen molar-refractivity contribution in [2.75, 3.05) is 20.6 Å². The third-order valence-corrected chi connectivity index (χ3v) is 3.24. The van der Waals surface area contributed by atoms with Crippen molar-refractivity contribution in [2.45, 2.75) is 6.42 Å². The number of hydrogen-bond acceptors (Lipinski definition) is 3. The molecule has 0 radical (unpaired) electrons. The number of nitrogens with zero attached hydrogens (tertiary/aromatic N) is 2. The number of nitrogens with one attached hydrogen (secondary N) is 2. The summed E-state index contributed by atoms with van der Waals surface area (Å²) in [6.07, 6.45) is 3.78. The van der Waals surface area contributed by atoms with Gasteiger partial charge in [-0.1, -0.05) is 12.1 Å². The zero-order chi connectivity index (χ0) is 15.2. The number of hydrogen-bond donors (Lipinski definition) is 2. The first-order valence-corrected chi connectivity index (χ1v) is 6.67. The standard InChI is InChI=1S/C15H18N4O2/c1-16-14(20)6-7-19(2)15(21)12-5-3-4-11(8-12)13-9-17-18-10-13/h3-5,8-10H,6-7H2,1-2H3,(H,16,20)(H,17,18). The fourth-order valence-electron chi connectivity index (χ4n) is 1.96. The molecule has 1 aromatic carbocycles. The van der Waals surface area contributed by atoms with Gasteiger partial charge in [0.15, 0.2) is 0 Å². The van der Waals surface area contributed by atoms with Crippen molar-refractivity contribution >= 4 is 11.8 Å². The molecule has 2 rings (SSSR count). The van der Waals surface area contributed by atoms with Crippen LogP contribution in [0.2, 0.25) is 0 Å². The van der Waals surface area contributed by atoms with E-state index in [1.54, 1.807) is 37.5 Å². The number of H-pyrrole nitrogens is 1. The molecule has 6 nitrogen and oxygen atoms in total. The monoisotopic (exact) mass is 286 g/mol. The number of carbonyl (C=O) groups excluding carboxylic acids is 2. The van der Waals surface area contributed by atoms with Crippen LogP contribution in [-0.2, 0) is 4.79 Å². The quantitative estimate of drug-likeness (QED) is 0.869. The lowest BCUT2D eigenvalue weighted by Crippen LogP contribution is -2.31. The van der Waals surface area contributed by atoms with Gasteiger partial charge in [0, 0.05) is 44.4 Å². The first-order valence-electron chi connectivity index (χ1n) is 6.67. The largest absolute Gasteiger partial charge is 0.359 e. The zero-order valence-electron chi connectivity index (χ0n) is 12.1. The fourth-order valence-corrected chi connectivity index (χ4v) is 1.96. The Morgan fingerprint density at radius 1 is 1.33 bits per heavy atom. The molecule has 0 unspecified atom stereocenters. The maximum atomic E-state index is 12.3. The third kappa shape index (κ3) is 3.68. The highest BCUT2D eigenvalue weighted by Crippen LogP contribution is 2.19. The van der Waals surface area contributed by atoms with Gasteiger partial charge in [-0.05, 0) is 17.7 Å². The van der Waals surface area contributed by atoms with Gasteiger partial charge in [-0.2, -0.15) is 5.10 Å². The molecule has 1 aromatic heterocycles. The molecule has 0 atom stereocenters. The van der Waals surface area contributed by atoms with Crippen LogP contribution in [0.15, 0.2) is 36.7 Å². The van der Waals surface area contributed by atoms with Crippen molar-refractivity contribution in [3.05, 3.63) is 42.2 Å². The van der Waals surface area contributed by atoms with Crippen LogP contribution in [0, 0.1) is 0 Å². The zero-order valence-corrected chi connectivity index (χ0v) is 12.1. The molecule has 0 bridgehead atoms. The Balaban J connectivity index is 2.09. The Labute approximate surface area is 123 Å². The minimum Gasteiger partial charge on any atom is -0.359 e. The van der Waals surface area contributed by atoms with Crippen LogP contribution in [0.3, 0.4) is 0 Å². The summed E-state index contributed by atoms with van der Waals surface area (Å²) in [5, 5.41) is 9.19. The second kappa shape index (κ2) is 6.69. The Bertz CT molecular complexity index is 622. The number of amides is 2. The van der Waals surface area contributed by atoms with E-state index in [1.165, 1.54) is 0 Å². The van der Waals surface area contributed by atoms with Crippen LogP contribution < -0.4 is 5.32 Å². The molecule has 0 fully saturated rings. The van der Waals surface area contributed by atoms with E-state index >= 15 is 0 Å². The van der Waals surface area contributed by atoms with Crippen molar-refractivity contribution in [1.29, 1.82) is 0 Å². The second-order valence-electron chi connectivity index (χ2n) is 4.72. The van der Waals surface area contributed by atoms with E-state index in [1.807, 2.05) is 18.2 Å². The lowest BCUT2D eigenvalue weighted by atomic mass is 10.1. The molecule has 0 aliphatic rings. The molecule has 0 spiro atoms. The fraction of sp³-hybridized carbons (Fsp3) is 0.267. The van der Waals surface area contributed by atoms with E-state index in [9.17, 15) is 9.59 Å². The van der Waals surface area contributed by atoms with Crippen LogP contribution in [0.4, 0.5) is 0 Å². The summed E-state index contributed by atoms with van der Waals surface area (Å²) in [6.45, 7) is 0.383. The molecule has 2 aromatic rings. The first-order chi connectivity index (χ1) is 10.1. The van der Waals surface area contributed by atoms with Crippen molar-refractivity contribution in [3.8, 4) is 11.1 Å². The van der Waals surface area contributed by atoms with Gasteiger partial charge in [0.1, 0.15) is 0 Å². The van der Waals surface area contributed by atoms with Crippen molar-refractivity contribution in [1.82, 2.24) is 20.4 Å². The molecule has 0 aliphatic carbocycles. The predicted molar refractivity (Wildman–Crippen MR) is 79.7 cm³/mol. The lowest BCUT2D eigenvalue weighted by Gasteiger charge is -2.17. The first kappa shape index (κ1) is 14.8. The van der Waals surface area contributed by atoms with Crippen molar-refractivity contribution < 1.29 is 9.59 Å². The molecular weight excluding hydrogens is 268 g/mol. The summed E-state index contributed by atoms with van der Waals surface area (Å²) in [6, 6.07) is 7.35. The van der Waals surface area contributed by atoms with Crippen molar-refractivity contribution in [2.24, 2.45) is 0 Å². The maximum Gasteiger partial charge on any atom is 0.253 e. The molecule has 21 heavy (non-hydrogen) atoms. The smallest absolute Gasteiger partial charge is 0.253 e. The summed E-state index contributed by atoms with van der Waals surface area (Å²) in [4.78, 5) is 25.1. The van der Waals surface area contributed by atoms with E-state index in [0.717, 1.165) is 11.1 Å². The Kier molecular flexibility index (Phi) is 4.71. The molecule has 1 heterocycles. The van der Waals surface area contributed by atoms with Gasteiger partial charge >= 0.3 is 0 Å². The normalized spacial score (nSPS) is 10.2. The van der Waals surface area contributed by atoms with Gasteiger partial charge in [0.2, 0.25) is 5.91 Å². The van der Waals surface area contributed by atoms with Gasteiger partial charge in [-0.25, -0.2) is 0 Å². The van der Waals surface area contributed by atoms with E-state index in [2.05, 4.69) is 15.5 Å². The predicted octanol–water partition coefficient (Wildman–Crippen LogP) is 1.28. The highest BCUT2D eigenvalue weighted by molar-refractivity contribution is 5.95. The molecule has 2 amide bonds. The summed E-state index contributed by atoms with van der Waals surface area (Å²) in [5.74, 6) is -0.189. The van der Waals surface area contributed by atoms with Crippen LogP contribution in [0.25, 0.3) is 11.1 Å². The van der Waals surface area contributed by atoms with Gasteiger partial charge in [0.05, 0.1) is 6.20 Å². The average Bonchev–Trinajstić information content (AvgIpc) is 3.06. The molecule has 0 aliphatic heterocycles. The molecule has 0 saturated carbocycles. The SMILES string of the molecule is CNC(=O)CCN(C)C(=O)c1cccc(-c2cn[nH]c2)c1. The van der Waals surface area contributed by atoms with Crippen LogP contribution in [-0.4, -0.2) is 47.6 Å². The molecule has 2 N–H and O–H groups in total. The minimum absolute atomic E-state index is 0.0817. The summed E-state index contributed by atoms with van der Waals surface area (Å²) >= 11 is 0. The lowest BCUT2D eigenvalue weighted by molar-refractivity contribution is -0.120. The molecule has 0 saturated heterocycles. The number of carbonyl (C=O) groups is 2. The van der Waals surface area contributed by atoms with E-state index in [4.69, 9.17) is 0 Å². The van der Waals surface area contributed by atoms with E-state index in [0.29, 0.717) is 18.5 Å². The number of aromatic nitrogens is 2. The van der Waals surface area contributed by atoms with Gasteiger partial charge < -0.3 is 10.2 Å². The maximum absolute atomic E-state index is 12.3. The summed E-state index contributed by atoms with van der Waals surface area (Å²) in [7, 11) is 3.27. The Morgan fingerprint density at radius 3 is 2.81 bits per heavy atom. The van der Waals surface area contributed by atoms with Crippen LogP contribution in [0.1, 0.15) is 16.8 Å². The number of aromatic amines is 1. The third-order valence-electron chi connectivity index (χ3n) is 3.24. The summed E-state index contributed by atoms with van der Waals surface area (Å²) < 4.78 is 0. The Hall–Kier alpha value is -2.63. The second-order valence-corrected chi connectivity index (χ2v) is 4.72. The summed E-state index contributed by atoms with van der Waals surface area (Å²) in [5.41, 5.74) is 2.44.